The number of carbonyl (C=O) groups is 1. The van der Waals surface area contributed by atoms with Crippen molar-refractivity contribution in [3.05, 3.63) is 23.8 Å². The summed E-state index contributed by atoms with van der Waals surface area (Å²) in [6.45, 7) is 2.32. The first-order valence-electron chi connectivity index (χ1n) is 5.97. The van der Waals surface area contributed by atoms with Gasteiger partial charge in [-0.25, -0.2) is 4.79 Å². The molecule has 0 amide bonds. The number of carboxylic acid groups (broad SMARTS) is 1. The maximum atomic E-state index is 11.1. The molecule has 98 valence electrons. The van der Waals surface area contributed by atoms with Crippen molar-refractivity contribution < 1.29 is 14.6 Å². The molecule has 1 heterocycles. The summed E-state index contributed by atoms with van der Waals surface area (Å²) < 4.78 is 5.52. The second-order valence-electron chi connectivity index (χ2n) is 4.14. The van der Waals surface area contributed by atoms with E-state index in [2.05, 4.69) is 11.2 Å². The first-order chi connectivity index (χ1) is 8.74. The van der Waals surface area contributed by atoms with E-state index in [0.29, 0.717) is 12.4 Å². The third-order valence-electron chi connectivity index (χ3n) is 2.95. The molecule has 1 aromatic rings. The van der Waals surface area contributed by atoms with Crippen LogP contribution in [0.2, 0.25) is 0 Å². The van der Waals surface area contributed by atoms with Crippen LogP contribution >= 0.6 is 11.8 Å². The Balaban J connectivity index is 2.21. The van der Waals surface area contributed by atoms with Crippen LogP contribution in [0.5, 0.6) is 5.75 Å². The van der Waals surface area contributed by atoms with Crippen molar-refractivity contribution in [2.45, 2.75) is 6.42 Å². The van der Waals surface area contributed by atoms with E-state index in [1.165, 1.54) is 0 Å². The normalized spacial score (nSPS) is 13.9. The highest BCUT2D eigenvalue weighted by Crippen LogP contribution is 2.34. The number of para-hydroxylation sites is 1. The van der Waals surface area contributed by atoms with Crippen LogP contribution in [-0.4, -0.2) is 42.8 Å². The second-order valence-corrected chi connectivity index (χ2v) is 5.13. The lowest BCUT2D eigenvalue weighted by atomic mass is 10.1. The van der Waals surface area contributed by atoms with E-state index in [0.717, 1.165) is 31.0 Å². The molecule has 0 spiro atoms. The van der Waals surface area contributed by atoms with Gasteiger partial charge in [0.25, 0.3) is 0 Å². The van der Waals surface area contributed by atoms with Gasteiger partial charge in [0, 0.05) is 6.54 Å². The largest absolute Gasteiger partial charge is 0.489 e. The molecule has 0 fully saturated rings. The van der Waals surface area contributed by atoms with Gasteiger partial charge in [0.2, 0.25) is 0 Å². The molecule has 2 rings (SSSR count). The summed E-state index contributed by atoms with van der Waals surface area (Å²) in [5.74, 6) is 0.698. The minimum atomic E-state index is -0.933. The molecule has 0 radical (unpaired) electrons. The van der Waals surface area contributed by atoms with E-state index in [9.17, 15) is 4.79 Å². The number of hydrogen-bond donors (Lipinski definition) is 1. The number of aromatic carboxylic acids is 1. The van der Waals surface area contributed by atoms with Crippen molar-refractivity contribution >= 4 is 23.4 Å². The van der Waals surface area contributed by atoms with E-state index in [1.54, 1.807) is 12.1 Å². The minimum Gasteiger partial charge on any atom is -0.489 e. The summed E-state index contributed by atoms with van der Waals surface area (Å²) in [5.41, 5.74) is 1.16. The monoisotopic (exact) mass is 267 g/mol. The number of carboxylic acids is 1. The summed E-state index contributed by atoms with van der Waals surface area (Å²) in [6.07, 6.45) is 3.19. The lowest BCUT2D eigenvalue weighted by molar-refractivity contribution is 0.0692. The highest BCUT2D eigenvalue weighted by atomic mass is 32.2. The fourth-order valence-electron chi connectivity index (χ4n) is 2.10. The molecule has 0 aromatic heterocycles. The maximum Gasteiger partial charge on any atom is 0.339 e. The first kappa shape index (κ1) is 13.1. The van der Waals surface area contributed by atoms with E-state index < -0.39 is 5.97 Å². The number of ether oxygens (including phenoxy) is 1. The lowest BCUT2D eigenvalue weighted by Crippen LogP contribution is -2.34. The van der Waals surface area contributed by atoms with Gasteiger partial charge in [-0.05, 0) is 30.6 Å². The van der Waals surface area contributed by atoms with Crippen LogP contribution in [0.25, 0.3) is 0 Å². The molecule has 1 aromatic carbocycles. The molecule has 0 aliphatic carbocycles. The van der Waals surface area contributed by atoms with Crippen LogP contribution in [0.1, 0.15) is 16.8 Å². The number of rotatable bonds is 5. The Labute approximate surface area is 111 Å². The zero-order chi connectivity index (χ0) is 13.0. The van der Waals surface area contributed by atoms with Crippen molar-refractivity contribution in [3.63, 3.8) is 0 Å². The van der Waals surface area contributed by atoms with Gasteiger partial charge in [-0.3, -0.25) is 0 Å². The molecule has 0 unspecified atom stereocenters. The van der Waals surface area contributed by atoms with Crippen LogP contribution in [0.15, 0.2) is 18.2 Å². The Morgan fingerprint density at radius 3 is 3.11 bits per heavy atom. The van der Waals surface area contributed by atoms with Crippen LogP contribution in [0.4, 0.5) is 5.69 Å². The van der Waals surface area contributed by atoms with E-state index in [-0.39, 0.29) is 5.56 Å². The quantitative estimate of drug-likeness (QED) is 0.830. The Bertz CT molecular complexity index is 436. The van der Waals surface area contributed by atoms with Crippen LogP contribution in [0.3, 0.4) is 0 Å². The number of anilines is 1. The van der Waals surface area contributed by atoms with Gasteiger partial charge in [0.1, 0.15) is 12.2 Å². The van der Waals surface area contributed by atoms with Gasteiger partial charge in [0.15, 0.2) is 5.75 Å². The van der Waals surface area contributed by atoms with Crippen LogP contribution in [-0.2, 0) is 0 Å². The molecule has 1 N–H and O–H groups in total. The number of nitrogens with zero attached hydrogens (tertiary/aromatic N) is 1. The number of benzene rings is 1. The molecule has 0 saturated carbocycles. The third kappa shape index (κ3) is 2.72. The summed E-state index contributed by atoms with van der Waals surface area (Å²) in [5, 5.41) is 9.14. The van der Waals surface area contributed by atoms with Gasteiger partial charge in [0.05, 0.1) is 12.2 Å². The molecule has 0 saturated heterocycles. The second kappa shape index (κ2) is 6.00. The van der Waals surface area contributed by atoms with Crippen LogP contribution in [0, 0.1) is 0 Å². The highest BCUT2D eigenvalue weighted by molar-refractivity contribution is 7.98. The average molecular weight is 267 g/mol. The zero-order valence-electron chi connectivity index (χ0n) is 10.4. The summed E-state index contributed by atoms with van der Waals surface area (Å²) >= 11 is 1.83. The predicted molar refractivity (Wildman–Crippen MR) is 74.1 cm³/mol. The van der Waals surface area contributed by atoms with Crippen molar-refractivity contribution in [2.75, 3.05) is 36.6 Å². The van der Waals surface area contributed by atoms with Crippen molar-refractivity contribution in [3.8, 4) is 5.75 Å². The Hall–Kier alpha value is -1.36. The summed E-state index contributed by atoms with van der Waals surface area (Å²) in [7, 11) is 0. The standard InChI is InChI=1S/C13H17NO3S/c1-18-9-3-6-14-7-8-17-12-10(13(15)16)4-2-5-11(12)14/h2,4-5H,3,6-9H2,1H3,(H,15,16). The average Bonchev–Trinajstić information content (AvgIpc) is 2.38. The van der Waals surface area contributed by atoms with Gasteiger partial charge in [-0.2, -0.15) is 11.8 Å². The smallest absolute Gasteiger partial charge is 0.339 e. The molecule has 0 atom stereocenters. The number of fused-ring (bicyclic) bond motifs is 1. The fourth-order valence-corrected chi connectivity index (χ4v) is 2.52. The predicted octanol–water partition coefficient (Wildman–Crippen LogP) is 2.34. The molecule has 0 bridgehead atoms. The van der Waals surface area contributed by atoms with Crippen molar-refractivity contribution in [1.82, 2.24) is 0 Å². The van der Waals surface area contributed by atoms with Crippen molar-refractivity contribution in [2.24, 2.45) is 0 Å². The molecule has 5 heteroatoms. The van der Waals surface area contributed by atoms with E-state index in [1.807, 2.05) is 17.8 Å². The van der Waals surface area contributed by atoms with Gasteiger partial charge >= 0.3 is 5.97 Å². The highest BCUT2D eigenvalue weighted by Gasteiger charge is 2.23. The molecule has 1 aliphatic heterocycles. The molecular formula is C13H17NO3S. The van der Waals surface area contributed by atoms with E-state index >= 15 is 0 Å². The Morgan fingerprint density at radius 1 is 1.56 bits per heavy atom. The topological polar surface area (TPSA) is 49.8 Å². The van der Waals surface area contributed by atoms with Gasteiger partial charge in [-0.1, -0.05) is 6.07 Å². The zero-order valence-corrected chi connectivity index (χ0v) is 11.2. The Morgan fingerprint density at radius 2 is 2.39 bits per heavy atom. The van der Waals surface area contributed by atoms with Crippen molar-refractivity contribution in [1.29, 1.82) is 0 Å². The lowest BCUT2D eigenvalue weighted by Gasteiger charge is -2.31. The Kier molecular flexibility index (Phi) is 4.36. The molecule has 1 aliphatic rings. The summed E-state index contributed by atoms with van der Waals surface area (Å²) in [6, 6.07) is 5.30. The molecule has 18 heavy (non-hydrogen) atoms. The summed E-state index contributed by atoms with van der Waals surface area (Å²) in [4.78, 5) is 13.3. The van der Waals surface area contributed by atoms with Crippen LogP contribution < -0.4 is 9.64 Å². The minimum absolute atomic E-state index is 0.252. The van der Waals surface area contributed by atoms with Gasteiger partial charge in [-0.15, -0.1) is 0 Å². The molecular weight excluding hydrogens is 250 g/mol. The van der Waals surface area contributed by atoms with Gasteiger partial charge < -0.3 is 14.7 Å². The number of thioether (sulfide) groups is 1. The SMILES string of the molecule is CSCCCN1CCOc2c(C(=O)O)cccc21. The fraction of sp³-hybridized carbons (Fsp3) is 0.462. The number of hydrogen-bond acceptors (Lipinski definition) is 4. The first-order valence-corrected chi connectivity index (χ1v) is 7.36. The molecule has 4 nitrogen and oxygen atoms in total. The maximum absolute atomic E-state index is 11.1. The van der Waals surface area contributed by atoms with E-state index in [4.69, 9.17) is 9.84 Å². The third-order valence-corrected chi connectivity index (χ3v) is 3.65.